The summed E-state index contributed by atoms with van der Waals surface area (Å²) in [6.45, 7) is 2.95. The Morgan fingerprint density at radius 1 is 0.943 bits per heavy atom. The highest BCUT2D eigenvalue weighted by molar-refractivity contribution is 7.08. The molecular formula is C29H27N3O2S. The first kappa shape index (κ1) is 23.1. The maximum atomic E-state index is 13.2. The lowest BCUT2D eigenvalue weighted by atomic mass is 9.78. The van der Waals surface area contributed by atoms with Crippen molar-refractivity contribution in [1.82, 2.24) is 14.8 Å². The molecule has 0 unspecified atom stereocenters. The minimum Gasteiger partial charge on any atom is -0.339 e. The van der Waals surface area contributed by atoms with E-state index < -0.39 is 0 Å². The first-order chi connectivity index (χ1) is 17.1. The van der Waals surface area contributed by atoms with E-state index in [-0.39, 0.29) is 17.2 Å². The Labute approximate surface area is 210 Å². The van der Waals surface area contributed by atoms with Gasteiger partial charge in [0.15, 0.2) is 0 Å². The maximum absolute atomic E-state index is 13.2. The van der Waals surface area contributed by atoms with Crippen molar-refractivity contribution in [3.8, 4) is 11.8 Å². The summed E-state index contributed by atoms with van der Waals surface area (Å²) < 4.78 is 0. The fraction of sp³-hybridized carbons (Fsp3) is 0.276. The van der Waals surface area contributed by atoms with Gasteiger partial charge in [0, 0.05) is 55.8 Å². The van der Waals surface area contributed by atoms with Crippen LogP contribution in [-0.4, -0.2) is 52.8 Å². The first-order valence-electron chi connectivity index (χ1n) is 11.9. The number of hydrogen-bond donors (Lipinski definition) is 0. The molecule has 0 N–H and O–H groups in total. The molecule has 3 aromatic rings. The quantitative estimate of drug-likeness (QED) is 0.402. The van der Waals surface area contributed by atoms with Crippen LogP contribution in [0.3, 0.4) is 0 Å². The lowest BCUT2D eigenvalue weighted by molar-refractivity contribution is -0.128. The molecule has 1 spiro atoms. The summed E-state index contributed by atoms with van der Waals surface area (Å²) in [6, 6.07) is 13.6. The number of aromatic nitrogens is 1. The molecule has 1 aromatic carbocycles. The first-order valence-corrected chi connectivity index (χ1v) is 12.9. The van der Waals surface area contributed by atoms with Crippen LogP contribution in [-0.2, 0) is 4.79 Å². The predicted molar refractivity (Wildman–Crippen MR) is 139 cm³/mol. The van der Waals surface area contributed by atoms with Gasteiger partial charge >= 0.3 is 0 Å². The Hall–Kier alpha value is -3.69. The van der Waals surface area contributed by atoms with Gasteiger partial charge < -0.3 is 9.80 Å². The van der Waals surface area contributed by atoms with Crippen molar-refractivity contribution in [2.75, 3.05) is 26.2 Å². The van der Waals surface area contributed by atoms with Crippen molar-refractivity contribution in [2.45, 2.75) is 19.3 Å². The molecule has 2 amide bonds. The third-order valence-corrected chi connectivity index (χ3v) is 7.63. The Balaban J connectivity index is 1.18. The average molecular weight is 482 g/mol. The number of rotatable bonds is 3. The van der Waals surface area contributed by atoms with E-state index >= 15 is 0 Å². The standard InChI is InChI=1S/C29H27N3O2S/c33-27(9-8-24-10-17-35-21-24)31-14-11-29(12-15-31)13-16-32(22-29)28(34)26-18-25(19-30-20-26)7-6-23-4-2-1-3-5-23/h1-5,8-10,17-21H,11-16,22H2. The lowest BCUT2D eigenvalue weighted by Gasteiger charge is -2.38. The number of piperidine rings is 1. The minimum absolute atomic E-state index is 0.00920. The molecule has 0 bridgehead atoms. The number of pyridine rings is 1. The fourth-order valence-electron chi connectivity index (χ4n) is 4.83. The van der Waals surface area contributed by atoms with E-state index in [2.05, 4.69) is 16.8 Å². The molecule has 0 aliphatic carbocycles. The number of amides is 2. The van der Waals surface area contributed by atoms with Crippen LogP contribution in [0.25, 0.3) is 6.08 Å². The highest BCUT2D eigenvalue weighted by Gasteiger charge is 2.42. The average Bonchev–Trinajstić information content (AvgIpc) is 3.57. The number of hydrogen-bond acceptors (Lipinski definition) is 4. The largest absolute Gasteiger partial charge is 0.339 e. The highest BCUT2D eigenvalue weighted by atomic mass is 32.1. The molecule has 0 atom stereocenters. The molecule has 2 aliphatic heterocycles. The van der Waals surface area contributed by atoms with Crippen LogP contribution in [0.5, 0.6) is 0 Å². The summed E-state index contributed by atoms with van der Waals surface area (Å²) >= 11 is 1.62. The van der Waals surface area contributed by atoms with Gasteiger partial charge in [0.1, 0.15) is 0 Å². The number of benzene rings is 1. The van der Waals surface area contributed by atoms with E-state index in [4.69, 9.17) is 0 Å². The third-order valence-electron chi connectivity index (χ3n) is 6.93. The van der Waals surface area contributed by atoms with Crippen molar-refractivity contribution in [3.05, 3.63) is 93.9 Å². The summed E-state index contributed by atoms with van der Waals surface area (Å²) in [4.78, 5) is 34.0. The molecule has 0 radical (unpaired) electrons. The minimum atomic E-state index is 0.00920. The van der Waals surface area contributed by atoms with Crippen molar-refractivity contribution >= 4 is 29.2 Å². The second-order valence-corrected chi connectivity index (χ2v) is 10.1. The predicted octanol–water partition coefficient (Wildman–Crippen LogP) is 4.71. The Bertz CT molecular complexity index is 1280. The van der Waals surface area contributed by atoms with Crippen molar-refractivity contribution in [3.63, 3.8) is 0 Å². The second-order valence-electron chi connectivity index (χ2n) is 9.27. The number of nitrogens with zero attached hydrogens (tertiary/aromatic N) is 3. The monoisotopic (exact) mass is 481 g/mol. The van der Waals surface area contributed by atoms with Gasteiger partial charge in [-0.05, 0) is 71.3 Å². The SMILES string of the molecule is O=C(C=Cc1ccsc1)N1CCC2(CC1)CCN(C(=O)c1cncc(C#Cc3ccccc3)c1)C2. The van der Waals surface area contributed by atoms with Crippen LogP contribution in [0, 0.1) is 17.3 Å². The molecule has 2 fully saturated rings. The van der Waals surface area contributed by atoms with Crippen molar-refractivity contribution < 1.29 is 9.59 Å². The molecule has 5 rings (SSSR count). The Morgan fingerprint density at radius 3 is 2.43 bits per heavy atom. The zero-order chi connectivity index (χ0) is 24.1. The van der Waals surface area contributed by atoms with Gasteiger partial charge in [0.2, 0.25) is 5.91 Å². The van der Waals surface area contributed by atoms with E-state index in [1.807, 2.05) is 69.1 Å². The number of thiophene rings is 1. The molecule has 2 saturated heterocycles. The van der Waals surface area contributed by atoms with Gasteiger partial charge in [-0.1, -0.05) is 30.0 Å². The molecule has 6 heteroatoms. The molecule has 35 heavy (non-hydrogen) atoms. The Morgan fingerprint density at radius 2 is 1.69 bits per heavy atom. The normalized spacial score (nSPS) is 16.9. The van der Waals surface area contributed by atoms with Crippen LogP contribution in [0.1, 0.15) is 46.3 Å². The van der Waals surface area contributed by atoms with E-state index in [1.165, 1.54) is 0 Å². The van der Waals surface area contributed by atoms with E-state index in [0.717, 1.165) is 62.1 Å². The fourth-order valence-corrected chi connectivity index (χ4v) is 5.46. The lowest BCUT2D eigenvalue weighted by Crippen LogP contribution is -2.44. The van der Waals surface area contributed by atoms with Crippen LogP contribution < -0.4 is 0 Å². The van der Waals surface area contributed by atoms with Crippen LogP contribution >= 0.6 is 11.3 Å². The molecular weight excluding hydrogens is 454 g/mol. The van der Waals surface area contributed by atoms with Crippen LogP contribution in [0.2, 0.25) is 0 Å². The van der Waals surface area contributed by atoms with Crippen molar-refractivity contribution in [2.24, 2.45) is 5.41 Å². The maximum Gasteiger partial charge on any atom is 0.255 e. The van der Waals surface area contributed by atoms with Gasteiger partial charge in [-0.3, -0.25) is 14.6 Å². The number of carbonyl (C=O) groups excluding carboxylic acids is 2. The highest BCUT2D eigenvalue weighted by Crippen LogP contribution is 2.40. The van der Waals surface area contributed by atoms with Crippen molar-refractivity contribution in [1.29, 1.82) is 0 Å². The number of likely N-dealkylation sites (tertiary alicyclic amines) is 2. The number of carbonyl (C=O) groups is 2. The van der Waals surface area contributed by atoms with Gasteiger partial charge in [0.05, 0.1) is 5.56 Å². The van der Waals surface area contributed by atoms with E-state index in [1.54, 1.807) is 29.8 Å². The summed E-state index contributed by atoms with van der Waals surface area (Å²) in [5, 5.41) is 4.03. The third kappa shape index (κ3) is 5.52. The summed E-state index contributed by atoms with van der Waals surface area (Å²) in [5.74, 6) is 6.31. The summed E-state index contributed by atoms with van der Waals surface area (Å²) in [7, 11) is 0. The van der Waals surface area contributed by atoms with Gasteiger partial charge in [0.25, 0.3) is 5.91 Å². The molecule has 176 valence electrons. The van der Waals surface area contributed by atoms with Crippen LogP contribution in [0.15, 0.2) is 71.7 Å². The molecule has 5 nitrogen and oxygen atoms in total. The topological polar surface area (TPSA) is 53.5 Å². The smallest absolute Gasteiger partial charge is 0.255 e. The van der Waals surface area contributed by atoms with E-state index in [9.17, 15) is 9.59 Å². The van der Waals surface area contributed by atoms with Gasteiger partial charge in [-0.25, -0.2) is 0 Å². The Kier molecular flexibility index (Phi) is 6.78. The summed E-state index contributed by atoms with van der Waals surface area (Å²) in [6.07, 6.45) is 9.70. The van der Waals surface area contributed by atoms with E-state index in [0.29, 0.717) is 5.56 Å². The zero-order valence-electron chi connectivity index (χ0n) is 19.5. The van der Waals surface area contributed by atoms with Gasteiger partial charge in [-0.15, -0.1) is 0 Å². The van der Waals surface area contributed by atoms with Crippen LogP contribution in [0.4, 0.5) is 0 Å². The molecule has 2 aromatic heterocycles. The molecule has 0 saturated carbocycles. The molecule has 2 aliphatic rings. The zero-order valence-corrected chi connectivity index (χ0v) is 20.3. The second kappa shape index (κ2) is 10.3. The van der Waals surface area contributed by atoms with Gasteiger partial charge in [-0.2, -0.15) is 11.3 Å². The summed E-state index contributed by atoms with van der Waals surface area (Å²) in [5.41, 5.74) is 3.40. The molecule has 4 heterocycles.